The Morgan fingerprint density at radius 3 is 2.76 bits per heavy atom. The summed E-state index contributed by atoms with van der Waals surface area (Å²) in [5.74, 6) is 0.130. The van der Waals surface area contributed by atoms with Crippen molar-refractivity contribution in [2.75, 3.05) is 6.54 Å². The van der Waals surface area contributed by atoms with Gasteiger partial charge in [-0.1, -0.05) is 36.6 Å². The molecule has 21 heavy (non-hydrogen) atoms. The summed E-state index contributed by atoms with van der Waals surface area (Å²) in [4.78, 5) is 12.6. The van der Waals surface area contributed by atoms with Gasteiger partial charge in [0, 0.05) is 17.5 Å². The molecular weight excluding hydrogens is 288 g/mol. The number of para-hydroxylation sites is 1. The number of amides is 1. The number of hydrogen-bond acceptors (Lipinski definition) is 3. The van der Waals surface area contributed by atoms with Gasteiger partial charge in [0.2, 0.25) is 0 Å². The van der Waals surface area contributed by atoms with Crippen molar-refractivity contribution < 1.29 is 9.21 Å². The monoisotopic (exact) mass is 306 g/mol. The molecule has 3 rings (SSSR count). The molecular formula is C16H19ClN2O2. The fourth-order valence-corrected chi connectivity index (χ4v) is 3.37. The Morgan fingerprint density at radius 1 is 1.43 bits per heavy atom. The highest BCUT2D eigenvalue weighted by Crippen LogP contribution is 2.32. The van der Waals surface area contributed by atoms with Crippen LogP contribution in [0.15, 0.2) is 22.6 Å². The van der Waals surface area contributed by atoms with Gasteiger partial charge in [-0.05, 0) is 25.8 Å². The van der Waals surface area contributed by atoms with E-state index in [1.165, 1.54) is 0 Å². The topological polar surface area (TPSA) is 68.3 Å². The standard InChI is InChI=1S/C16H19ClN2O2/c1-10-11-5-4-6-12(17)14(11)21-13(10)15(20)19-16(9-18)7-2-3-8-16/h4-6H,2-3,7-9,18H2,1H3,(H,19,20). The van der Waals surface area contributed by atoms with Gasteiger partial charge in [-0.25, -0.2) is 0 Å². The molecule has 5 heteroatoms. The molecule has 4 nitrogen and oxygen atoms in total. The quantitative estimate of drug-likeness (QED) is 0.913. The van der Waals surface area contributed by atoms with Gasteiger partial charge in [0.1, 0.15) is 0 Å². The zero-order chi connectivity index (χ0) is 15.0. The first kappa shape index (κ1) is 14.4. The van der Waals surface area contributed by atoms with Crippen LogP contribution in [0.5, 0.6) is 0 Å². The molecule has 112 valence electrons. The number of rotatable bonds is 3. The van der Waals surface area contributed by atoms with Gasteiger partial charge in [0.15, 0.2) is 11.3 Å². The molecule has 1 aromatic carbocycles. The molecule has 1 saturated carbocycles. The minimum atomic E-state index is -0.285. The Labute approximate surface area is 128 Å². The number of halogens is 1. The summed E-state index contributed by atoms with van der Waals surface area (Å²) in [7, 11) is 0. The number of carbonyl (C=O) groups is 1. The molecule has 0 bridgehead atoms. The van der Waals surface area contributed by atoms with Crippen molar-refractivity contribution in [3.63, 3.8) is 0 Å². The number of furan rings is 1. The number of carbonyl (C=O) groups excluding carboxylic acids is 1. The van der Waals surface area contributed by atoms with Gasteiger partial charge in [0.05, 0.1) is 10.6 Å². The molecule has 0 unspecified atom stereocenters. The fourth-order valence-electron chi connectivity index (χ4n) is 3.15. The van der Waals surface area contributed by atoms with Crippen LogP contribution in [0, 0.1) is 6.92 Å². The molecule has 1 aliphatic rings. The lowest BCUT2D eigenvalue weighted by atomic mass is 9.97. The van der Waals surface area contributed by atoms with Crippen LogP contribution in [0.1, 0.15) is 41.8 Å². The summed E-state index contributed by atoms with van der Waals surface area (Å²) < 4.78 is 5.71. The molecule has 0 saturated heterocycles. The highest BCUT2D eigenvalue weighted by atomic mass is 35.5. The summed E-state index contributed by atoms with van der Waals surface area (Å²) in [5, 5.41) is 4.47. The maximum atomic E-state index is 12.6. The smallest absolute Gasteiger partial charge is 0.287 e. The molecule has 0 aliphatic heterocycles. The molecule has 0 radical (unpaired) electrons. The lowest BCUT2D eigenvalue weighted by molar-refractivity contribution is 0.0876. The van der Waals surface area contributed by atoms with E-state index in [0.717, 1.165) is 36.6 Å². The van der Waals surface area contributed by atoms with Crippen molar-refractivity contribution in [2.24, 2.45) is 5.73 Å². The molecule has 1 heterocycles. The largest absolute Gasteiger partial charge is 0.449 e. The van der Waals surface area contributed by atoms with Crippen LogP contribution < -0.4 is 11.1 Å². The average molecular weight is 307 g/mol. The van der Waals surface area contributed by atoms with Gasteiger partial charge < -0.3 is 15.5 Å². The third-order valence-electron chi connectivity index (χ3n) is 4.45. The lowest BCUT2D eigenvalue weighted by Gasteiger charge is -2.28. The van der Waals surface area contributed by atoms with E-state index in [0.29, 0.717) is 22.9 Å². The second-order valence-electron chi connectivity index (χ2n) is 5.82. The van der Waals surface area contributed by atoms with E-state index in [-0.39, 0.29) is 11.4 Å². The number of aryl methyl sites for hydroxylation is 1. The Kier molecular flexibility index (Phi) is 3.68. The van der Waals surface area contributed by atoms with Gasteiger partial charge in [-0.2, -0.15) is 0 Å². The third-order valence-corrected chi connectivity index (χ3v) is 4.75. The van der Waals surface area contributed by atoms with E-state index in [2.05, 4.69) is 5.32 Å². The zero-order valence-corrected chi connectivity index (χ0v) is 12.8. The number of benzene rings is 1. The average Bonchev–Trinajstić information content (AvgIpc) is 3.06. The molecule has 1 aromatic heterocycles. The SMILES string of the molecule is Cc1c(C(=O)NC2(CN)CCCC2)oc2c(Cl)cccc12. The van der Waals surface area contributed by atoms with Crippen LogP contribution in [0.3, 0.4) is 0 Å². The van der Waals surface area contributed by atoms with Crippen molar-refractivity contribution in [1.29, 1.82) is 0 Å². The molecule has 0 spiro atoms. The maximum Gasteiger partial charge on any atom is 0.287 e. The molecule has 1 aliphatic carbocycles. The van der Waals surface area contributed by atoms with Crippen LogP contribution >= 0.6 is 11.6 Å². The van der Waals surface area contributed by atoms with Gasteiger partial charge >= 0.3 is 0 Å². The van der Waals surface area contributed by atoms with Crippen molar-refractivity contribution >= 4 is 28.5 Å². The highest BCUT2D eigenvalue weighted by Gasteiger charge is 2.35. The van der Waals surface area contributed by atoms with Crippen LogP contribution in [-0.2, 0) is 0 Å². The van der Waals surface area contributed by atoms with E-state index in [1.54, 1.807) is 6.07 Å². The van der Waals surface area contributed by atoms with Gasteiger partial charge in [-0.15, -0.1) is 0 Å². The van der Waals surface area contributed by atoms with E-state index in [4.69, 9.17) is 21.8 Å². The predicted molar refractivity (Wildman–Crippen MR) is 83.7 cm³/mol. The minimum Gasteiger partial charge on any atom is -0.449 e. The summed E-state index contributed by atoms with van der Waals surface area (Å²) >= 11 is 6.13. The number of hydrogen-bond donors (Lipinski definition) is 2. The first-order chi connectivity index (χ1) is 10.1. The van der Waals surface area contributed by atoms with Crippen LogP contribution in [0.2, 0.25) is 5.02 Å². The van der Waals surface area contributed by atoms with Crippen LogP contribution in [0.25, 0.3) is 11.0 Å². The van der Waals surface area contributed by atoms with Gasteiger partial charge in [0.25, 0.3) is 5.91 Å². The Bertz CT molecular complexity index is 687. The van der Waals surface area contributed by atoms with Crippen LogP contribution in [0.4, 0.5) is 0 Å². The zero-order valence-electron chi connectivity index (χ0n) is 12.0. The normalized spacial score (nSPS) is 17.3. The van der Waals surface area contributed by atoms with Crippen molar-refractivity contribution in [1.82, 2.24) is 5.32 Å². The molecule has 1 amide bonds. The molecule has 2 aromatic rings. The molecule has 3 N–H and O–H groups in total. The molecule has 0 atom stereocenters. The van der Waals surface area contributed by atoms with Crippen LogP contribution in [-0.4, -0.2) is 18.0 Å². The lowest BCUT2D eigenvalue weighted by Crippen LogP contribution is -2.51. The second-order valence-corrected chi connectivity index (χ2v) is 6.23. The summed E-state index contributed by atoms with van der Waals surface area (Å²) in [6, 6.07) is 5.52. The molecule has 1 fully saturated rings. The van der Waals surface area contributed by atoms with E-state index in [9.17, 15) is 4.79 Å². The highest BCUT2D eigenvalue weighted by molar-refractivity contribution is 6.35. The summed E-state index contributed by atoms with van der Waals surface area (Å²) in [5.41, 5.74) is 6.96. The van der Waals surface area contributed by atoms with E-state index >= 15 is 0 Å². The van der Waals surface area contributed by atoms with Crippen molar-refractivity contribution in [3.8, 4) is 0 Å². The first-order valence-corrected chi connectivity index (χ1v) is 7.64. The Balaban J connectivity index is 1.95. The van der Waals surface area contributed by atoms with E-state index < -0.39 is 0 Å². The second kappa shape index (κ2) is 5.35. The Hall–Kier alpha value is -1.52. The number of nitrogens with one attached hydrogen (secondary N) is 1. The predicted octanol–water partition coefficient (Wildman–Crippen LogP) is 3.40. The summed E-state index contributed by atoms with van der Waals surface area (Å²) in [6.45, 7) is 2.33. The number of nitrogens with two attached hydrogens (primary N) is 1. The fraction of sp³-hybridized carbons (Fsp3) is 0.438. The minimum absolute atomic E-state index is 0.202. The number of fused-ring (bicyclic) bond motifs is 1. The van der Waals surface area contributed by atoms with E-state index in [1.807, 2.05) is 19.1 Å². The summed E-state index contributed by atoms with van der Waals surface area (Å²) in [6.07, 6.45) is 4.05. The van der Waals surface area contributed by atoms with Crippen molar-refractivity contribution in [2.45, 2.75) is 38.1 Å². The first-order valence-electron chi connectivity index (χ1n) is 7.26. The van der Waals surface area contributed by atoms with Gasteiger partial charge in [-0.3, -0.25) is 4.79 Å². The third kappa shape index (κ3) is 2.43. The maximum absolute atomic E-state index is 12.6. The Morgan fingerprint density at radius 2 is 2.14 bits per heavy atom. The van der Waals surface area contributed by atoms with Crippen molar-refractivity contribution in [3.05, 3.63) is 34.5 Å².